The van der Waals surface area contributed by atoms with E-state index in [1.165, 1.54) is 0 Å². The molecule has 4 aromatic rings. The number of nitrogens with one attached hydrogen (secondary N) is 1. The van der Waals surface area contributed by atoms with E-state index in [2.05, 4.69) is 22.3 Å². The fourth-order valence-electron chi connectivity index (χ4n) is 3.55. The molecule has 0 radical (unpaired) electrons. The molecule has 29 heavy (non-hydrogen) atoms. The SMILES string of the molecule is O=c1[nH]c(-c2cccs2)cc(-c2ccccc2)c1-c1cc(C2=CCCC=C2)on1. The molecule has 3 aromatic heterocycles. The van der Waals surface area contributed by atoms with Gasteiger partial charge in [0.1, 0.15) is 5.69 Å². The number of benzene rings is 1. The summed E-state index contributed by atoms with van der Waals surface area (Å²) in [6.07, 6.45) is 8.30. The summed E-state index contributed by atoms with van der Waals surface area (Å²) in [6.45, 7) is 0. The Balaban J connectivity index is 1.68. The van der Waals surface area contributed by atoms with Crippen molar-refractivity contribution in [2.24, 2.45) is 0 Å². The van der Waals surface area contributed by atoms with Crippen molar-refractivity contribution in [2.45, 2.75) is 12.8 Å². The first kappa shape index (κ1) is 17.6. The molecule has 0 aliphatic heterocycles. The number of hydrogen-bond acceptors (Lipinski definition) is 4. The molecule has 142 valence electrons. The van der Waals surface area contributed by atoms with Crippen LogP contribution in [-0.4, -0.2) is 10.1 Å². The summed E-state index contributed by atoms with van der Waals surface area (Å²) in [6, 6.07) is 17.8. The second-order valence-electron chi connectivity index (χ2n) is 6.86. The quantitative estimate of drug-likeness (QED) is 0.448. The molecule has 0 unspecified atom stereocenters. The van der Waals surface area contributed by atoms with Crippen LogP contribution in [0.15, 0.2) is 87.5 Å². The maximum Gasteiger partial charge on any atom is 0.258 e. The van der Waals surface area contributed by atoms with Gasteiger partial charge in [0.15, 0.2) is 5.76 Å². The van der Waals surface area contributed by atoms with Gasteiger partial charge in [0.2, 0.25) is 0 Å². The van der Waals surface area contributed by atoms with E-state index in [1.807, 2.05) is 66.1 Å². The molecule has 0 saturated heterocycles. The Kier molecular flexibility index (Phi) is 4.58. The molecule has 4 nitrogen and oxygen atoms in total. The zero-order valence-corrected chi connectivity index (χ0v) is 16.4. The van der Waals surface area contributed by atoms with Crippen LogP contribution in [0.1, 0.15) is 18.6 Å². The minimum Gasteiger partial charge on any atom is -0.356 e. The van der Waals surface area contributed by atoms with Gasteiger partial charge in [0.25, 0.3) is 5.56 Å². The number of pyridine rings is 1. The number of H-pyrrole nitrogens is 1. The smallest absolute Gasteiger partial charge is 0.258 e. The molecule has 5 rings (SSSR count). The summed E-state index contributed by atoms with van der Waals surface area (Å²) in [4.78, 5) is 17.2. The van der Waals surface area contributed by atoms with Crippen molar-refractivity contribution in [3.63, 3.8) is 0 Å². The third kappa shape index (κ3) is 3.41. The van der Waals surface area contributed by atoms with Crippen LogP contribution in [0.3, 0.4) is 0 Å². The van der Waals surface area contributed by atoms with E-state index in [0.717, 1.165) is 40.1 Å². The second kappa shape index (κ2) is 7.53. The summed E-state index contributed by atoms with van der Waals surface area (Å²) >= 11 is 1.59. The van der Waals surface area contributed by atoms with Crippen molar-refractivity contribution in [1.29, 1.82) is 0 Å². The molecule has 1 aliphatic rings. The molecule has 0 atom stereocenters. The van der Waals surface area contributed by atoms with E-state index in [4.69, 9.17) is 4.52 Å². The number of thiophene rings is 1. The van der Waals surface area contributed by atoms with E-state index in [1.54, 1.807) is 11.3 Å². The van der Waals surface area contributed by atoms with Crippen LogP contribution in [0.25, 0.3) is 38.5 Å². The van der Waals surface area contributed by atoms with Gasteiger partial charge >= 0.3 is 0 Å². The lowest BCUT2D eigenvalue weighted by atomic mass is 9.97. The Morgan fingerprint density at radius 3 is 2.69 bits per heavy atom. The van der Waals surface area contributed by atoms with Crippen LogP contribution in [0.5, 0.6) is 0 Å². The molecule has 0 saturated carbocycles. The molecular weight excluding hydrogens is 380 g/mol. The van der Waals surface area contributed by atoms with Gasteiger partial charge < -0.3 is 9.51 Å². The highest BCUT2D eigenvalue weighted by atomic mass is 32.1. The van der Waals surface area contributed by atoms with Gasteiger partial charge in [-0.3, -0.25) is 4.79 Å². The van der Waals surface area contributed by atoms with Gasteiger partial charge in [-0.15, -0.1) is 11.3 Å². The highest BCUT2D eigenvalue weighted by Crippen LogP contribution is 2.34. The highest BCUT2D eigenvalue weighted by Gasteiger charge is 2.19. The first-order valence-corrected chi connectivity index (χ1v) is 10.4. The van der Waals surface area contributed by atoms with E-state index in [9.17, 15) is 4.79 Å². The van der Waals surface area contributed by atoms with Crippen LogP contribution >= 0.6 is 11.3 Å². The minimum atomic E-state index is -0.178. The average Bonchev–Trinajstić information content (AvgIpc) is 3.47. The van der Waals surface area contributed by atoms with Gasteiger partial charge in [0, 0.05) is 11.6 Å². The number of allylic oxidation sites excluding steroid dienone is 4. The van der Waals surface area contributed by atoms with Gasteiger partial charge in [-0.25, -0.2) is 0 Å². The summed E-state index contributed by atoms with van der Waals surface area (Å²) in [7, 11) is 0. The second-order valence-corrected chi connectivity index (χ2v) is 7.81. The molecule has 5 heteroatoms. The third-order valence-corrected chi connectivity index (χ3v) is 5.85. The molecule has 0 amide bonds. The fraction of sp³-hybridized carbons (Fsp3) is 0.0833. The normalized spacial score (nSPS) is 13.4. The van der Waals surface area contributed by atoms with E-state index in [0.29, 0.717) is 17.0 Å². The van der Waals surface area contributed by atoms with Crippen LogP contribution in [0.4, 0.5) is 0 Å². The largest absolute Gasteiger partial charge is 0.356 e. The Morgan fingerprint density at radius 2 is 1.93 bits per heavy atom. The van der Waals surface area contributed by atoms with Crippen molar-refractivity contribution >= 4 is 16.9 Å². The van der Waals surface area contributed by atoms with Crippen molar-refractivity contribution in [2.75, 3.05) is 0 Å². The minimum absolute atomic E-state index is 0.178. The Bertz CT molecular complexity index is 1260. The van der Waals surface area contributed by atoms with E-state index in [-0.39, 0.29) is 5.56 Å². The number of hydrogen-bond donors (Lipinski definition) is 1. The predicted octanol–water partition coefficient (Wildman–Crippen LogP) is 6.16. The first-order chi connectivity index (χ1) is 14.3. The molecule has 3 heterocycles. The lowest BCUT2D eigenvalue weighted by Crippen LogP contribution is -2.11. The van der Waals surface area contributed by atoms with Crippen LogP contribution in [0, 0.1) is 0 Å². The van der Waals surface area contributed by atoms with Gasteiger partial charge in [-0.1, -0.05) is 59.8 Å². The average molecular weight is 398 g/mol. The molecule has 0 fully saturated rings. The highest BCUT2D eigenvalue weighted by molar-refractivity contribution is 7.13. The van der Waals surface area contributed by atoms with Crippen molar-refractivity contribution in [3.05, 3.63) is 94.3 Å². The topological polar surface area (TPSA) is 58.9 Å². The molecule has 0 bridgehead atoms. The lowest BCUT2D eigenvalue weighted by molar-refractivity contribution is 0.413. The lowest BCUT2D eigenvalue weighted by Gasteiger charge is -2.09. The van der Waals surface area contributed by atoms with E-state index >= 15 is 0 Å². The summed E-state index contributed by atoms with van der Waals surface area (Å²) in [5, 5.41) is 6.23. The van der Waals surface area contributed by atoms with Crippen LogP contribution in [-0.2, 0) is 0 Å². The number of aromatic amines is 1. The molecule has 1 aliphatic carbocycles. The van der Waals surface area contributed by atoms with Gasteiger partial charge in [0.05, 0.1) is 16.1 Å². The zero-order chi connectivity index (χ0) is 19.6. The molecular formula is C24H18N2O2S. The van der Waals surface area contributed by atoms with Crippen LogP contribution < -0.4 is 5.56 Å². The molecule has 1 aromatic carbocycles. The summed E-state index contributed by atoms with van der Waals surface area (Å²) < 4.78 is 5.59. The fourth-order valence-corrected chi connectivity index (χ4v) is 4.25. The monoisotopic (exact) mass is 398 g/mol. The number of aromatic nitrogens is 2. The first-order valence-electron chi connectivity index (χ1n) is 9.50. The maximum absolute atomic E-state index is 13.2. The third-order valence-electron chi connectivity index (χ3n) is 4.95. The number of rotatable bonds is 4. The summed E-state index contributed by atoms with van der Waals surface area (Å²) in [5.41, 5.74) is 4.49. The Labute approximate surface area is 171 Å². The predicted molar refractivity (Wildman–Crippen MR) is 118 cm³/mol. The van der Waals surface area contributed by atoms with E-state index < -0.39 is 0 Å². The Morgan fingerprint density at radius 1 is 1.03 bits per heavy atom. The van der Waals surface area contributed by atoms with Gasteiger partial charge in [-0.05, 0) is 41.5 Å². The number of nitrogens with zero attached hydrogens (tertiary/aromatic N) is 1. The van der Waals surface area contributed by atoms with Crippen molar-refractivity contribution < 1.29 is 4.52 Å². The summed E-state index contributed by atoms with van der Waals surface area (Å²) in [5.74, 6) is 0.677. The Hall–Kier alpha value is -3.44. The van der Waals surface area contributed by atoms with Crippen LogP contribution in [0.2, 0.25) is 0 Å². The van der Waals surface area contributed by atoms with Gasteiger partial charge in [-0.2, -0.15) is 0 Å². The molecule has 0 spiro atoms. The standard InChI is InChI=1S/C24H18N2O2S/c27-24-23(20-15-21(28-26-20)17-10-5-2-6-11-17)18(16-8-3-1-4-9-16)14-19(25-24)22-12-7-13-29-22/h1,3-5,7-15H,2,6H2,(H,25,27). The van der Waals surface area contributed by atoms with Crippen molar-refractivity contribution in [1.82, 2.24) is 10.1 Å². The molecule has 1 N–H and O–H groups in total. The van der Waals surface area contributed by atoms with Crippen molar-refractivity contribution in [3.8, 4) is 33.0 Å². The zero-order valence-electron chi connectivity index (χ0n) is 15.6. The maximum atomic E-state index is 13.2.